The summed E-state index contributed by atoms with van der Waals surface area (Å²) in [5, 5.41) is 23.7. The fourth-order valence-corrected chi connectivity index (χ4v) is 5.41. The number of nitrogens with one attached hydrogen (secondary N) is 1. The molecule has 2 amide bonds. The molecule has 35 heavy (non-hydrogen) atoms. The van der Waals surface area contributed by atoms with Crippen LogP contribution in [0.25, 0.3) is 11.1 Å². The molecule has 180 valence electrons. The molecular weight excluding hydrogens is 470 g/mol. The molecular formula is C25H23N3O6S. The highest BCUT2D eigenvalue weighted by Gasteiger charge is 2.40. The number of rotatable bonds is 6. The van der Waals surface area contributed by atoms with Crippen molar-refractivity contribution in [1.29, 1.82) is 0 Å². The summed E-state index contributed by atoms with van der Waals surface area (Å²) < 4.78 is 5.51. The molecule has 3 aromatic rings. The molecule has 2 aliphatic rings. The van der Waals surface area contributed by atoms with E-state index in [0.29, 0.717) is 5.01 Å². The number of hydrogen-bond acceptors (Lipinski definition) is 7. The first-order valence-electron chi connectivity index (χ1n) is 11.2. The first-order valence-corrected chi connectivity index (χ1v) is 12.1. The minimum atomic E-state index is -1.16. The first kappa shape index (κ1) is 23.0. The summed E-state index contributed by atoms with van der Waals surface area (Å²) >= 11 is 1.18. The van der Waals surface area contributed by atoms with Gasteiger partial charge in [0, 0.05) is 24.3 Å². The largest absolute Gasteiger partial charge is 0.480 e. The number of carboxylic acids is 1. The van der Waals surface area contributed by atoms with E-state index in [9.17, 15) is 24.6 Å². The number of aromatic nitrogens is 1. The van der Waals surface area contributed by atoms with Gasteiger partial charge < -0.3 is 25.2 Å². The number of benzene rings is 2. The van der Waals surface area contributed by atoms with Crippen molar-refractivity contribution in [2.75, 3.05) is 13.2 Å². The minimum Gasteiger partial charge on any atom is -0.480 e. The minimum absolute atomic E-state index is 0.0125. The Morgan fingerprint density at radius 1 is 1.09 bits per heavy atom. The summed E-state index contributed by atoms with van der Waals surface area (Å²) in [6.45, 7) is 0.204. The highest BCUT2D eigenvalue weighted by molar-refractivity contribution is 7.09. The lowest BCUT2D eigenvalue weighted by atomic mass is 9.98. The predicted molar refractivity (Wildman–Crippen MR) is 127 cm³/mol. The molecule has 2 heterocycles. The number of carboxylic acid groups (broad SMARTS) is 1. The molecule has 0 spiro atoms. The number of thiazole rings is 1. The zero-order valence-electron chi connectivity index (χ0n) is 18.6. The van der Waals surface area contributed by atoms with Crippen LogP contribution in [0.15, 0.2) is 53.9 Å². The Morgan fingerprint density at radius 3 is 2.40 bits per heavy atom. The highest BCUT2D eigenvalue weighted by Crippen LogP contribution is 2.44. The SMILES string of the molecule is O=C(NCc1nc(C(=O)N2CC(O)CC2C(=O)O)cs1)OCC1c2ccccc2-c2ccccc21. The number of carbonyl (C=O) groups excluding carboxylic acids is 2. The van der Waals surface area contributed by atoms with Gasteiger partial charge >= 0.3 is 12.1 Å². The number of ether oxygens (including phenoxy) is 1. The fraction of sp³-hybridized carbons (Fsp3) is 0.280. The molecule has 2 aromatic carbocycles. The normalized spacial score (nSPS) is 18.7. The van der Waals surface area contributed by atoms with Gasteiger partial charge in [0.05, 0.1) is 12.6 Å². The van der Waals surface area contributed by atoms with Gasteiger partial charge in [-0.15, -0.1) is 11.3 Å². The third kappa shape index (κ3) is 4.50. The van der Waals surface area contributed by atoms with Gasteiger partial charge in [-0.05, 0) is 22.3 Å². The maximum absolute atomic E-state index is 12.7. The van der Waals surface area contributed by atoms with Crippen LogP contribution in [0, 0.1) is 0 Å². The number of fused-ring (bicyclic) bond motifs is 3. The molecule has 0 radical (unpaired) electrons. The molecule has 2 atom stereocenters. The van der Waals surface area contributed by atoms with Gasteiger partial charge in [0.25, 0.3) is 5.91 Å². The Labute approximate surface area is 205 Å². The van der Waals surface area contributed by atoms with E-state index in [1.54, 1.807) is 0 Å². The molecule has 9 nitrogen and oxygen atoms in total. The zero-order chi connectivity index (χ0) is 24.5. The molecule has 0 bridgehead atoms. The first-order chi connectivity index (χ1) is 16.9. The summed E-state index contributed by atoms with van der Waals surface area (Å²) in [5.74, 6) is -1.77. The molecule has 1 saturated heterocycles. The second kappa shape index (κ2) is 9.47. The second-order valence-electron chi connectivity index (χ2n) is 8.51. The number of aliphatic hydroxyl groups is 1. The molecule has 1 aromatic heterocycles. The van der Waals surface area contributed by atoms with E-state index in [1.807, 2.05) is 36.4 Å². The third-order valence-corrected chi connectivity index (χ3v) is 7.17. The topological polar surface area (TPSA) is 129 Å². The lowest BCUT2D eigenvalue weighted by Crippen LogP contribution is -2.40. The summed E-state index contributed by atoms with van der Waals surface area (Å²) in [5.41, 5.74) is 4.62. The number of aliphatic hydroxyl groups excluding tert-OH is 1. The highest BCUT2D eigenvalue weighted by atomic mass is 32.1. The standard InChI is InChI=1S/C25H23N3O6S/c29-14-9-21(24(31)32)28(11-14)23(30)20-13-35-22(27-20)10-26-25(33)34-12-19-17-7-3-1-5-15(17)16-6-2-4-8-18(16)19/h1-8,13-14,19,21,29H,9-12H2,(H,26,33)(H,31,32). The van der Waals surface area contributed by atoms with Crippen molar-refractivity contribution < 1.29 is 29.3 Å². The number of nitrogens with zero attached hydrogens (tertiary/aromatic N) is 2. The van der Waals surface area contributed by atoms with E-state index < -0.39 is 30.1 Å². The van der Waals surface area contributed by atoms with Crippen molar-refractivity contribution >= 4 is 29.3 Å². The van der Waals surface area contributed by atoms with Crippen LogP contribution in [-0.2, 0) is 16.1 Å². The third-order valence-electron chi connectivity index (χ3n) is 6.32. The maximum atomic E-state index is 12.7. The number of aliphatic carboxylic acids is 1. The number of likely N-dealkylation sites (tertiary alicyclic amines) is 1. The molecule has 0 saturated carbocycles. The van der Waals surface area contributed by atoms with Crippen molar-refractivity contribution in [3.05, 3.63) is 75.7 Å². The smallest absolute Gasteiger partial charge is 0.407 e. The summed E-state index contributed by atoms with van der Waals surface area (Å²) in [7, 11) is 0. The van der Waals surface area contributed by atoms with Crippen molar-refractivity contribution in [2.24, 2.45) is 0 Å². The summed E-state index contributed by atoms with van der Waals surface area (Å²) in [6.07, 6.45) is -1.49. The predicted octanol–water partition coefficient (Wildman–Crippen LogP) is 2.84. The van der Waals surface area contributed by atoms with Gasteiger partial charge in [0.2, 0.25) is 0 Å². The quantitative estimate of drug-likeness (QED) is 0.482. The van der Waals surface area contributed by atoms with Crippen molar-refractivity contribution in [3.8, 4) is 11.1 Å². The average Bonchev–Trinajstić information content (AvgIpc) is 3.57. The number of amides is 2. The van der Waals surface area contributed by atoms with Crippen LogP contribution in [0.2, 0.25) is 0 Å². The number of carbonyl (C=O) groups is 3. The van der Waals surface area contributed by atoms with Crippen LogP contribution in [-0.4, -0.2) is 63.4 Å². The van der Waals surface area contributed by atoms with E-state index in [0.717, 1.165) is 27.2 Å². The van der Waals surface area contributed by atoms with Crippen LogP contribution in [0.1, 0.15) is 39.0 Å². The lowest BCUT2D eigenvalue weighted by Gasteiger charge is -2.19. The monoisotopic (exact) mass is 493 g/mol. The Hall–Kier alpha value is -3.76. The van der Waals surface area contributed by atoms with Crippen LogP contribution < -0.4 is 5.32 Å². The Kier molecular flexibility index (Phi) is 6.23. The zero-order valence-corrected chi connectivity index (χ0v) is 19.4. The maximum Gasteiger partial charge on any atom is 0.407 e. The number of alkyl carbamates (subject to hydrolysis) is 1. The second-order valence-corrected chi connectivity index (χ2v) is 9.45. The van der Waals surface area contributed by atoms with E-state index in [2.05, 4.69) is 22.4 Å². The molecule has 5 rings (SSSR count). The van der Waals surface area contributed by atoms with E-state index in [4.69, 9.17) is 4.74 Å². The van der Waals surface area contributed by atoms with Crippen LogP contribution in [0.4, 0.5) is 4.79 Å². The van der Waals surface area contributed by atoms with Gasteiger partial charge in [-0.3, -0.25) is 4.79 Å². The molecule has 1 aliphatic heterocycles. The lowest BCUT2D eigenvalue weighted by molar-refractivity contribution is -0.141. The van der Waals surface area contributed by atoms with E-state index >= 15 is 0 Å². The van der Waals surface area contributed by atoms with Crippen molar-refractivity contribution in [2.45, 2.75) is 31.0 Å². The van der Waals surface area contributed by atoms with Gasteiger partial charge in [0.15, 0.2) is 0 Å². The van der Waals surface area contributed by atoms with Crippen molar-refractivity contribution in [1.82, 2.24) is 15.2 Å². The van der Waals surface area contributed by atoms with Gasteiger partial charge in [0.1, 0.15) is 23.4 Å². The average molecular weight is 494 g/mol. The molecule has 1 fully saturated rings. The molecule has 1 aliphatic carbocycles. The van der Waals surface area contributed by atoms with Gasteiger partial charge in [-0.2, -0.15) is 0 Å². The fourth-order valence-electron chi connectivity index (χ4n) is 4.71. The van der Waals surface area contributed by atoms with Crippen LogP contribution >= 0.6 is 11.3 Å². The number of hydrogen-bond donors (Lipinski definition) is 3. The van der Waals surface area contributed by atoms with Crippen LogP contribution in [0.3, 0.4) is 0 Å². The summed E-state index contributed by atoms with van der Waals surface area (Å²) in [6, 6.07) is 15.1. The molecule has 10 heteroatoms. The van der Waals surface area contributed by atoms with Crippen LogP contribution in [0.5, 0.6) is 0 Å². The van der Waals surface area contributed by atoms with Gasteiger partial charge in [-0.25, -0.2) is 14.6 Å². The van der Waals surface area contributed by atoms with Gasteiger partial charge in [-0.1, -0.05) is 48.5 Å². The van der Waals surface area contributed by atoms with E-state index in [-0.39, 0.29) is 37.7 Å². The Morgan fingerprint density at radius 2 is 1.74 bits per heavy atom. The van der Waals surface area contributed by atoms with E-state index in [1.165, 1.54) is 16.7 Å². The summed E-state index contributed by atoms with van der Waals surface area (Å²) in [4.78, 5) is 41.8. The Bertz CT molecular complexity index is 1250. The Balaban J connectivity index is 1.17. The number of β-amino-alcohol motifs (C(OH)–C–C–N with tert-alkyl or cyclic N) is 1. The van der Waals surface area contributed by atoms with Crippen molar-refractivity contribution in [3.63, 3.8) is 0 Å². The molecule has 3 N–H and O–H groups in total. The molecule has 2 unspecified atom stereocenters.